The number of hydrogen-bond donors (Lipinski definition) is 0. The van der Waals surface area contributed by atoms with Gasteiger partial charge >= 0.3 is 0 Å². The minimum absolute atomic E-state index is 0.0851. The summed E-state index contributed by atoms with van der Waals surface area (Å²) in [4.78, 5) is 0. The molecular formula is C22H30O4SSi. The molecule has 0 heterocycles. The third-order valence-electron chi connectivity index (χ3n) is 4.80. The smallest absolute Gasteiger partial charge is 0.264 e. The fraction of sp³-hybridized carbons (Fsp3) is 0.364. The van der Waals surface area contributed by atoms with Crippen LogP contribution in [0.15, 0.2) is 72.8 Å². The van der Waals surface area contributed by atoms with Crippen LogP contribution in [0, 0.1) is 0 Å². The van der Waals surface area contributed by atoms with Gasteiger partial charge in [0.25, 0.3) is 18.4 Å². The molecule has 1 atom stereocenters. The molecule has 0 spiro atoms. The molecule has 0 N–H and O–H groups in total. The van der Waals surface area contributed by atoms with E-state index in [1.807, 2.05) is 43.3 Å². The molecule has 6 heteroatoms. The Morgan fingerprint density at radius 2 is 1.43 bits per heavy atom. The molecule has 0 unspecified atom stereocenters. The van der Waals surface area contributed by atoms with Crippen LogP contribution in [0.3, 0.4) is 0 Å². The molecule has 2 rings (SSSR count). The van der Waals surface area contributed by atoms with Crippen LogP contribution in [0.2, 0.25) is 5.04 Å². The van der Waals surface area contributed by atoms with Crippen LogP contribution in [-0.2, 0) is 18.7 Å². The van der Waals surface area contributed by atoms with E-state index in [2.05, 4.69) is 51.6 Å². The van der Waals surface area contributed by atoms with Crippen molar-refractivity contribution in [2.24, 2.45) is 0 Å². The standard InChI is InChI=1S/C22H30O4SSi/c1-18(17-25-27(6,23)24)19(2)26-28(22(3,4)5,20-13-9-7-10-14-20)21-15-11-8-12-16-21/h7-16,19H,1,17H2,2-6H3/t19-/m1/s1. The second-order valence-electron chi connectivity index (χ2n) is 8.05. The molecule has 2 aromatic carbocycles. The Kier molecular flexibility index (Phi) is 7.04. The number of benzene rings is 2. The van der Waals surface area contributed by atoms with E-state index in [-0.39, 0.29) is 17.7 Å². The van der Waals surface area contributed by atoms with Gasteiger partial charge < -0.3 is 4.43 Å². The molecule has 0 bridgehead atoms. The maximum Gasteiger partial charge on any atom is 0.264 e. The summed E-state index contributed by atoms with van der Waals surface area (Å²) in [5.74, 6) is 0. The highest BCUT2D eigenvalue weighted by atomic mass is 32.2. The normalized spacial score (nSPS) is 13.9. The Balaban J connectivity index is 2.51. The van der Waals surface area contributed by atoms with E-state index >= 15 is 0 Å². The van der Waals surface area contributed by atoms with Crippen LogP contribution in [-0.4, -0.2) is 35.7 Å². The molecule has 2 aromatic rings. The van der Waals surface area contributed by atoms with Gasteiger partial charge in [-0.3, -0.25) is 4.18 Å². The van der Waals surface area contributed by atoms with E-state index in [4.69, 9.17) is 8.61 Å². The molecule has 0 amide bonds. The average molecular weight is 419 g/mol. The topological polar surface area (TPSA) is 52.6 Å². The van der Waals surface area contributed by atoms with Crippen LogP contribution in [0.4, 0.5) is 0 Å². The largest absolute Gasteiger partial charge is 0.401 e. The molecule has 0 saturated heterocycles. The molecular weight excluding hydrogens is 388 g/mol. The highest BCUT2D eigenvalue weighted by molar-refractivity contribution is 7.86. The van der Waals surface area contributed by atoms with Gasteiger partial charge in [0.05, 0.1) is 19.0 Å². The minimum Gasteiger partial charge on any atom is -0.401 e. The van der Waals surface area contributed by atoms with E-state index in [9.17, 15) is 8.42 Å². The van der Waals surface area contributed by atoms with Gasteiger partial charge in [-0.15, -0.1) is 0 Å². The van der Waals surface area contributed by atoms with Gasteiger partial charge in [-0.2, -0.15) is 8.42 Å². The molecule has 0 radical (unpaired) electrons. The predicted octanol–water partition coefficient (Wildman–Crippen LogP) is 3.48. The zero-order valence-corrected chi connectivity index (χ0v) is 19.1. The van der Waals surface area contributed by atoms with E-state index in [1.165, 1.54) is 0 Å². The fourth-order valence-corrected chi connectivity index (χ4v) is 8.42. The average Bonchev–Trinajstić information content (AvgIpc) is 2.63. The van der Waals surface area contributed by atoms with Crippen molar-refractivity contribution < 1.29 is 17.0 Å². The predicted molar refractivity (Wildman–Crippen MR) is 118 cm³/mol. The SMILES string of the molecule is C=C(COS(C)(=O)=O)[C@@H](C)O[Si](c1ccccc1)(c1ccccc1)C(C)(C)C. The van der Waals surface area contributed by atoms with Crippen molar-refractivity contribution >= 4 is 28.8 Å². The molecule has 0 aliphatic rings. The molecule has 0 aliphatic heterocycles. The van der Waals surface area contributed by atoms with Crippen molar-refractivity contribution in [1.29, 1.82) is 0 Å². The zero-order valence-electron chi connectivity index (χ0n) is 17.3. The quantitative estimate of drug-likeness (QED) is 0.374. The van der Waals surface area contributed by atoms with Gasteiger partial charge in [-0.05, 0) is 27.9 Å². The molecule has 0 fully saturated rings. The summed E-state index contributed by atoms with van der Waals surface area (Å²) >= 11 is 0. The van der Waals surface area contributed by atoms with E-state index in [1.54, 1.807) is 0 Å². The highest BCUT2D eigenvalue weighted by Gasteiger charge is 2.51. The monoisotopic (exact) mass is 418 g/mol. The molecule has 0 aromatic heterocycles. The summed E-state index contributed by atoms with van der Waals surface area (Å²) in [5, 5.41) is 2.16. The van der Waals surface area contributed by atoms with Crippen LogP contribution in [0.1, 0.15) is 27.7 Å². The lowest BCUT2D eigenvalue weighted by molar-refractivity contribution is 0.221. The second kappa shape index (κ2) is 8.74. The van der Waals surface area contributed by atoms with Crippen LogP contribution < -0.4 is 10.4 Å². The third kappa shape index (κ3) is 5.20. The first kappa shape index (κ1) is 22.6. The lowest BCUT2D eigenvalue weighted by Crippen LogP contribution is -2.67. The first-order valence-corrected chi connectivity index (χ1v) is 13.0. The Labute approximate surface area is 170 Å². The molecule has 28 heavy (non-hydrogen) atoms. The van der Waals surface area contributed by atoms with Crippen LogP contribution in [0.25, 0.3) is 0 Å². The number of hydrogen-bond acceptors (Lipinski definition) is 4. The Morgan fingerprint density at radius 3 is 1.79 bits per heavy atom. The van der Waals surface area contributed by atoms with E-state index < -0.39 is 18.4 Å². The molecule has 152 valence electrons. The Hall–Kier alpha value is -1.73. The van der Waals surface area contributed by atoms with Gasteiger partial charge in [0, 0.05) is 0 Å². The fourth-order valence-electron chi connectivity index (χ4n) is 3.34. The maximum absolute atomic E-state index is 11.4. The second-order valence-corrected chi connectivity index (χ2v) is 13.9. The van der Waals surface area contributed by atoms with Crippen molar-refractivity contribution in [2.45, 2.75) is 38.8 Å². The van der Waals surface area contributed by atoms with Gasteiger partial charge in [0.15, 0.2) is 0 Å². The van der Waals surface area contributed by atoms with E-state index in [0.29, 0.717) is 5.57 Å². The molecule has 0 aliphatic carbocycles. The van der Waals surface area contributed by atoms with Gasteiger partial charge in [0.1, 0.15) is 0 Å². The zero-order chi connectivity index (χ0) is 21.0. The summed E-state index contributed by atoms with van der Waals surface area (Å²) in [6, 6.07) is 20.6. The summed E-state index contributed by atoms with van der Waals surface area (Å²) in [6.45, 7) is 12.4. The lowest BCUT2D eigenvalue weighted by atomic mass is 10.2. The number of rotatable bonds is 8. The van der Waals surface area contributed by atoms with Gasteiger partial charge in [0.2, 0.25) is 0 Å². The van der Waals surface area contributed by atoms with Crippen molar-refractivity contribution in [3.63, 3.8) is 0 Å². The highest BCUT2D eigenvalue weighted by Crippen LogP contribution is 2.38. The molecule has 0 saturated carbocycles. The Morgan fingerprint density at radius 1 is 1.00 bits per heavy atom. The van der Waals surface area contributed by atoms with Crippen molar-refractivity contribution in [3.05, 3.63) is 72.8 Å². The third-order valence-corrected chi connectivity index (χ3v) is 10.5. The van der Waals surface area contributed by atoms with E-state index in [0.717, 1.165) is 16.6 Å². The van der Waals surface area contributed by atoms with Gasteiger partial charge in [-0.1, -0.05) is 88.0 Å². The summed E-state index contributed by atoms with van der Waals surface area (Å²) in [5.41, 5.74) is 0.596. The molecule has 4 nitrogen and oxygen atoms in total. The van der Waals surface area contributed by atoms with Gasteiger partial charge in [-0.25, -0.2) is 0 Å². The van der Waals surface area contributed by atoms with Crippen molar-refractivity contribution in [2.75, 3.05) is 12.9 Å². The first-order valence-electron chi connectivity index (χ1n) is 9.28. The maximum atomic E-state index is 11.4. The summed E-state index contributed by atoms with van der Waals surface area (Å²) < 4.78 is 34.5. The van der Waals surface area contributed by atoms with Crippen molar-refractivity contribution in [3.8, 4) is 0 Å². The first-order chi connectivity index (χ1) is 13.0. The minimum atomic E-state index is -3.53. The summed E-state index contributed by atoms with van der Waals surface area (Å²) in [6.07, 6.45) is 0.668. The van der Waals surface area contributed by atoms with Crippen LogP contribution in [0.5, 0.6) is 0 Å². The van der Waals surface area contributed by atoms with Crippen LogP contribution >= 0.6 is 0 Å². The Bertz CT molecular complexity index is 848. The van der Waals surface area contributed by atoms with Crippen molar-refractivity contribution in [1.82, 2.24) is 0 Å². The lowest BCUT2D eigenvalue weighted by Gasteiger charge is -2.45. The summed E-state index contributed by atoms with van der Waals surface area (Å²) in [7, 11) is -6.25.